The van der Waals surface area contributed by atoms with Gasteiger partial charge in [0.25, 0.3) is 0 Å². The molecule has 0 N–H and O–H groups in total. The van der Waals surface area contributed by atoms with Gasteiger partial charge < -0.3 is 14.0 Å². The molecule has 1 aromatic carbocycles. The molecular formula is C18H20N2O3. The Morgan fingerprint density at radius 3 is 2.78 bits per heavy atom. The zero-order valence-corrected chi connectivity index (χ0v) is 13.6. The summed E-state index contributed by atoms with van der Waals surface area (Å²) < 4.78 is 12.3. The summed E-state index contributed by atoms with van der Waals surface area (Å²) in [6, 6.07) is 8.12. The van der Waals surface area contributed by atoms with E-state index in [9.17, 15) is 4.79 Å². The van der Waals surface area contributed by atoms with Crippen LogP contribution in [0.3, 0.4) is 0 Å². The molecule has 23 heavy (non-hydrogen) atoms. The largest absolute Gasteiger partial charge is 0.497 e. The average molecular weight is 312 g/mol. The van der Waals surface area contributed by atoms with Crippen molar-refractivity contribution in [3.63, 3.8) is 0 Å². The third-order valence-electron chi connectivity index (χ3n) is 4.15. The number of pyridine rings is 1. The zero-order valence-electron chi connectivity index (χ0n) is 13.6. The molecule has 3 rings (SSSR count). The van der Waals surface area contributed by atoms with Gasteiger partial charge in [-0.3, -0.25) is 9.78 Å². The van der Waals surface area contributed by atoms with Crippen LogP contribution in [0.2, 0.25) is 0 Å². The highest BCUT2D eigenvalue weighted by Gasteiger charge is 2.14. The van der Waals surface area contributed by atoms with Gasteiger partial charge in [-0.1, -0.05) is 0 Å². The number of fused-ring (bicyclic) bond motifs is 3. The number of aromatic nitrogens is 2. The van der Waals surface area contributed by atoms with Crippen molar-refractivity contribution < 1.29 is 14.3 Å². The van der Waals surface area contributed by atoms with Crippen molar-refractivity contribution in [1.82, 2.24) is 9.55 Å². The summed E-state index contributed by atoms with van der Waals surface area (Å²) in [5.74, 6) is 0.637. The van der Waals surface area contributed by atoms with Gasteiger partial charge in [-0.2, -0.15) is 0 Å². The molecule has 0 unspecified atom stereocenters. The van der Waals surface area contributed by atoms with Crippen LogP contribution in [0.5, 0.6) is 5.75 Å². The first kappa shape index (κ1) is 15.3. The predicted molar refractivity (Wildman–Crippen MR) is 89.8 cm³/mol. The minimum Gasteiger partial charge on any atom is -0.497 e. The van der Waals surface area contributed by atoms with Crippen molar-refractivity contribution >= 4 is 27.8 Å². The highest BCUT2D eigenvalue weighted by molar-refractivity contribution is 6.09. The maximum Gasteiger partial charge on any atom is 0.305 e. The van der Waals surface area contributed by atoms with E-state index in [4.69, 9.17) is 9.47 Å². The van der Waals surface area contributed by atoms with Gasteiger partial charge in [-0.05, 0) is 31.5 Å². The average Bonchev–Trinajstić information content (AvgIpc) is 2.89. The van der Waals surface area contributed by atoms with Gasteiger partial charge in [-0.25, -0.2) is 0 Å². The number of ether oxygens (including phenoxy) is 2. The Bertz CT molecular complexity index is 867. The molecule has 0 fully saturated rings. The molecule has 0 aliphatic rings. The van der Waals surface area contributed by atoms with Crippen LogP contribution in [0.1, 0.15) is 18.5 Å². The Labute approximate surface area is 134 Å². The van der Waals surface area contributed by atoms with Gasteiger partial charge in [-0.15, -0.1) is 0 Å². The fraction of sp³-hybridized carbons (Fsp3) is 0.333. The van der Waals surface area contributed by atoms with Crippen molar-refractivity contribution in [3.05, 3.63) is 36.2 Å². The maximum atomic E-state index is 11.4. The van der Waals surface area contributed by atoms with Crippen LogP contribution < -0.4 is 4.74 Å². The SMILES string of the molecule is COC(=O)CCCn1c2cc(OC)ccc2c2ccnc(C)c21. The fourth-order valence-corrected chi connectivity index (χ4v) is 3.04. The number of esters is 1. The minimum absolute atomic E-state index is 0.182. The summed E-state index contributed by atoms with van der Waals surface area (Å²) in [5, 5.41) is 2.34. The van der Waals surface area contributed by atoms with E-state index in [1.165, 1.54) is 17.9 Å². The van der Waals surface area contributed by atoms with E-state index >= 15 is 0 Å². The number of aryl methyl sites for hydroxylation is 2. The molecule has 2 heterocycles. The van der Waals surface area contributed by atoms with E-state index in [-0.39, 0.29) is 5.97 Å². The Balaban J connectivity index is 2.12. The normalized spacial score (nSPS) is 11.1. The maximum absolute atomic E-state index is 11.4. The summed E-state index contributed by atoms with van der Waals surface area (Å²) >= 11 is 0. The minimum atomic E-state index is -0.182. The van der Waals surface area contributed by atoms with Gasteiger partial charge in [0.05, 0.1) is 30.9 Å². The quantitative estimate of drug-likeness (QED) is 0.677. The number of hydrogen-bond acceptors (Lipinski definition) is 4. The van der Waals surface area contributed by atoms with E-state index in [2.05, 4.69) is 15.6 Å². The van der Waals surface area contributed by atoms with Gasteiger partial charge in [0.2, 0.25) is 0 Å². The van der Waals surface area contributed by atoms with E-state index in [0.717, 1.165) is 35.4 Å². The van der Waals surface area contributed by atoms with Gasteiger partial charge in [0.15, 0.2) is 0 Å². The van der Waals surface area contributed by atoms with Crippen molar-refractivity contribution in [2.75, 3.05) is 14.2 Å². The third-order valence-corrected chi connectivity index (χ3v) is 4.15. The Kier molecular flexibility index (Phi) is 4.19. The first-order valence-electron chi connectivity index (χ1n) is 7.64. The molecule has 0 spiro atoms. The second kappa shape index (κ2) is 6.28. The van der Waals surface area contributed by atoms with E-state index in [1.807, 2.05) is 31.3 Å². The number of carbonyl (C=O) groups excluding carboxylic acids is 1. The second-order valence-corrected chi connectivity index (χ2v) is 5.51. The molecule has 0 bridgehead atoms. The molecule has 0 saturated carbocycles. The third kappa shape index (κ3) is 2.74. The summed E-state index contributed by atoms with van der Waals surface area (Å²) in [4.78, 5) is 15.8. The van der Waals surface area contributed by atoms with Gasteiger partial charge in [0, 0.05) is 36.0 Å². The molecule has 5 nitrogen and oxygen atoms in total. The van der Waals surface area contributed by atoms with Gasteiger partial charge in [0.1, 0.15) is 5.75 Å². The van der Waals surface area contributed by atoms with Crippen LogP contribution in [-0.2, 0) is 16.1 Å². The zero-order chi connectivity index (χ0) is 16.4. The lowest BCUT2D eigenvalue weighted by atomic mass is 10.1. The fourth-order valence-electron chi connectivity index (χ4n) is 3.04. The molecule has 3 aromatic rings. The predicted octanol–water partition coefficient (Wildman–Crippen LogP) is 3.46. The summed E-state index contributed by atoms with van der Waals surface area (Å²) in [5.41, 5.74) is 3.19. The molecule has 0 aliphatic carbocycles. The Morgan fingerprint density at radius 2 is 2.04 bits per heavy atom. The molecule has 0 saturated heterocycles. The van der Waals surface area contributed by atoms with Crippen LogP contribution in [0.25, 0.3) is 21.8 Å². The van der Waals surface area contributed by atoms with E-state index in [0.29, 0.717) is 6.42 Å². The lowest BCUT2D eigenvalue weighted by Crippen LogP contribution is -2.05. The summed E-state index contributed by atoms with van der Waals surface area (Å²) in [6.45, 7) is 2.74. The topological polar surface area (TPSA) is 53.4 Å². The Morgan fingerprint density at radius 1 is 1.22 bits per heavy atom. The standard InChI is InChI=1S/C18H20N2O3/c1-12-18-15(8-9-19-12)14-7-6-13(22-2)11-16(14)20(18)10-4-5-17(21)23-3/h6-9,11H,4-5,10H2,1-3H3. The molecule has 120 valence electrons. The van der Waals surface area contributed by atoms with Crippen molar-refractivity contribution in [3.8, 4) is 5.75 Å². The second-order valence-electron chi connectivity index (χ2n) is 5.51. The molecule has 0 amide bonds. The van der Waals surface area contributed by atoms with Crippen LogP contribution in [-0.4, -0.2) is 29.7 Å². The molecule has 5 heteroatoms. The number of benzene rings is 1. The van der Waals surface area contributed by atoms with Crippen LogP contribution in [0.4, 0.5) is 0 Å². The van der Waals surface area contributed by atoms with Crippen LogP contribution in [0.15, 0.2) is 30.5 Å². The van der Waals surface area contributed by atoms with Gasteiger partial charge >= 0.3 is 5.97 Å². The monoisotopic (exact) mass is 312 g/mol. The molecule has 2 aromatic heterocycles. The number of carbonyl (C=O) groups is 1. The highest BCUT2D eigenvalue weighted by Crippen LogP contribution is 2.32. The van der Waals surface area contributed by atoms with Crippen LogP contribution >= 0.6 is 0 Å². The lowest BCUT2D eigenvalue weighted by Gasteiger charge is -2.09. The summed E-state index contributed by atoms with van der Waals surface area (Å²) in [6.07, 6.45) is 2.96. The first-order chi connectivity index (χ1) is 11.2. The first-order valence-corrected chi connectivity index (χ1v) is 7.64. The molecule has 0 aliphatic heterocycles. The van der Waals surface area contributed by atoms with Crippen molar-refractivity contribution in [2.24, 2.45) is 0 Å². The smallest absolute Gasteiger partial charge is 0.305 e. The molecular weight excluding hydrogens is 292 g/mol. The Hall–Kier alpha value is -2.56. The van der Waals surface area contributed by atoms with Crippen molar-refractivity contribution in [2.45, 2.75) is 26.3 Å². The number of rotatable bonds is 5. The molecule has 0 atom stereocenters. The van der Waals surface area contributed by atoms with Crippen LogP contribution in [0, 0.1) is 6.92 Å². The molecule has 0 radical (unpaired) electrons. The number of nitrogens with zero attached hydrogens (tertiary/aromatic N) is 2. The van der Waals surface area contributed by atoms with Crippen molar-refractivity contribution in [1.29, 1.82) is 0 Å². The highest BCUT2D eigenvalue weighted by atomic mass is 16.5. The van der Waals surface area contributed by atoms with E-state index in [1.54, 1.807) is 7.11 Å². The van der Waals surface area contributed by atoms with E-state index < -0.39 is 0 Å². The summed E-state index contributed by atoms with van der Waals surface area (Å²) in [7, 11) is 3.08. The number of methoxy groups -OCH3 is 2. The number of hydrogen-bond donors (Lipinski definition) is 0. The lowest BCUT2D eigenvalue weighted by molar-refractivity contribution is -0.140.